The Morgan fingerprint density at radius 3 is 2.71 bits per heavy atom. The lowest BCUT2D eigenvalue weighted by molar-refractivity contribution is 0.0155. The van der Waals surface area contributed by atoms with Gasteiger partial charge in [0, 0.05) is 6.54 Å². The molecule has 0 saturated carbocycles. The summed E-state index contributed by atoms with van der Waals surface area (Å²) >= 11 is 0. The van der Waals surface area contributed by atoms with Crippen molar-refractivity contribution >= 4 is 6.09 Å². The molecule has 2 aromatic rings. The first-order valence-corrected chi connectivity index (χ1v) is 7.40. The number of carbonyl (C=O) groups is 1. The van der Waals surface area contributed by atoms with Gasteiger partial charge in [0.1, 0.15) is 24.6 Å². The molecule has 0 aliphatic carbocycles. The van der Waals surface area contributed by atoms with Crippen LogP contribution in [0.5, 0.6) is 0 Å². The van der Waals surface area contributed by atoms with Gasteiger partial charge in [0.15, 0.2) is 0 Å². The molecule has 6 nitrogen and oxygen atoms in total. The SMILES string of the molecule is Cc1cc(F)cnc1C(O)C(O)CNC(=O)OCc1ccccc1. The van der Waals surface area contributed by atoms with Crippen molar-refractivity contribution in [3.05, 3.63) is 65.2 Å². The number of ether oxygens (including phenoxy) is 1. The highest BCUT2D eigenvalue weighted by atomic mass is 19.1. The molecule has 24 heavy (non-hydrogen) atoms. The lowest BCUT2D eigenvalue weighted by Gasteiger charge is -2.19. The number of aliphatic hydroxyl groups excluding tert-OH is 2. The zero-order valence-electron chi connectivity index (χ0n) is 13.1. The molecule has 0 radical (unpaired) electrons. The van der Waals surface area contributed by atoms with E-state index >= 15 is 0 Å². The van der Waals surface area contributed by atoms with E-state index < -0.39 is 24.1 Å². The lowest BCUT2D eigenvalue weighted by atomic mass is 10.1. The number of pyridine rings is 1. The summed E-state index contributed by atoms with van der Waals surface area (Å²) in [6.45, 7) is 1.44. The Hall–Kier alpha value is -2.51. The van der Waals surface area contributed by atoms with Crippen LogP contribution in [0.1, 0.15) is 22.9 Å². The Balaban J connectivity index is 1.81. The summed E-state index contributed by atoms with van der Waals surface area (Å²) in [5, 5.41) is 22.4. The molecule has 1 aromatic carbocycles. The van der Waals surface area contributed by atoms with Crippen molar-refractivity contribution < 1.29 is 24.1 Å². The minimum Gasteiger partial charge on any atom is -0.445 e. The number of rotatable bonds is 6. The Morgan fingerprint density at radius 1 is 1.33 bits per heavy atom. The fourth-order valence-corrected chi connectivity index (χ4v) is 2.12. The molecule has 0 spiro atoms. The van der Waals surface area contributed by atoms with Crippen molar-refractivity contribution in [2.24, 2.45) is 0 Å². The van der Waals surface area contributed by atoms with Crippen molar-refractivity contribution in [3.8, 4) is 0 Å². The summed E-state index contributed by atoms with van der Waals surface area (Å²) in [5.74, 6) is -0.527. The third kappa shape index (κ3) is 5.00. The molecule has 3 N–H and O–H groups in total. The van der Waals surface area contributed by atoms with Crippen molar-refractivity contribution in [3.63, 3.8) is 0 Å². The number of aryl methyl sites for hydroxylation is 1. The first kappa shape index (κ1) is 17.8. The van der Waals surface area contributed by atoms with Crippen LogP contribution in [0.15, 0.2) is 42.6 Å². The van der Waals surface area contributed by atoms with E-state index in [0.29, 0.717) is 5.56 Å². The van der Waals surface area contributed by atoms with Crippen LogP contribution >= 0.6 is 0 Å². The van der Waals surface area contributed by atoms with Crippen molar-refractivity contribution in [2.75, 3.05) is 6.54 Å². The fourth-order valence-electron chi connectivity index (χ4n) is 2.12. The van der Waals surface area contributed by atoms with Crippen LogP contribution in [0.3, 0.4) is 0 Å². The number of hydrogen-bond donors (Lipinski definition) is 3. The van der Waals surface area contributed by atoms with Gasteiger partial charge in [-0.25, -0.2) is 9.18 Å². The molecular weight excluding hydrogens is 315 g/mol. The average Bonchev–Trinajstić information content (AvgIpc) is 2.58. The molecule has 2 unspecified atom stereocenters. The van der Waals surface area contributed by atoms with Gasteiger partial charge >= 0.3 is 6.09 Å². The van der Waals surface area contributed by atoms with E-state index in [2.05, 4.69) is 10.3 Å². The molecule has 128 valence electrons. The Bertz CT molecular complexity index is 682. The lowest BCUT2D eigenvalue weighted by Crippen LogP contribution is -2.36. The van der Waals surface area contributed by atoms with E-state index in [1.54, 1.807) is 6.92 Å². The van der Waals surface area contributed by atoms with E-state index in [4.69, 9.17) is 4.74 Å². The average molecular weight is 334 g/mol. The van der Waals surface area contributed by atoms with Crippen LogP contribution in [-0.4, -0.2) is 33.9 Å². The van der Waals surface area contributed by atoms with Crippen LogP contribution in [0.4, 0.5) is 9.18 Å². The van der Waals surface area contributed by atoms with Crippen LogP contribution in [0.25, 0.3) is 0 Å². The molecule has 1 aromatic heterocycles. The Morgan fingerprint density at radius 2 is 2.04 bits per heavy atom. The van der Waals surface area contributed by atoms with Gasteiger partial charge in [-0.05, 0) is 24.1 Å². The largest absolute Gasteiger partial charge is 0.445 e. The van der Waals surface area contributed by atoms with Gasteiger partial charge in [-0.15, -0.1) is 0 Å². The molecule has 1 heterocycles. The van der Waals surface area contributed by atoms with E-state index in [1.807, 2.05) is 30.3 Å². The van der Waals surface area contributed by atoms with E-state index in [9.17, 15) is 19.4 Å². The number of nitrogens with zero attached hydrogens (tertiary/aromatic N) is 1. The van der Waals surface area contributed by atoms with E-state index in [-0.39, 0.29) is 18.8 Å². The topological polar surface area (TPSA) is 91.7 Å². The zero-order chi connectivity index (χ0) is 17.5. The first-order valence-electron chi connectivity index (χ1n) is 7.40. The molecule has 2 atom stereocenters. The smallest absolute Gasteiger partial charge is 0.407 e. The number of amides is 1. The van der Waals surface area contributed by atoms with Gasteiger partial charge in [0.2, 0.25) is 0 Å². The monoisotopic (exact) mass is 334 g/mol. The van der Waals surface area contributed by atoms with Gasteiger partial charge in [0.25, 0.3) is 0 Å². The minimum atomic E-state index is -1.35. The number of aromatic nitrogens is 1. The summed E-state index contributed by atoms with van der Waals surface area (Å²) in [5.41, 5.74) is 1.40. The molecule has 0 fully saturated rings. The predicted octanol–water partition coefficient (Wildman–Crippen LogP) is 1.85. The van der Waals surface area contributed by atoms with Crippen LogP contribution in [-0.2, 0) is 11.3 Å². The van der Waals surface area contributed by atoms with E-state index in [0.717, 1.165) is 11.8 Å². The quantitative estimate of drug-likeness (QED) is 0.750. The summed E-state index contributed by atoms with van der Waals surface area (Å²) < 4.78 is 18.0. The highest BCUT2D eigenvalue weighted by Gasteiger charge is 2.22. The number of benzene rings is 1. The Kier molecular flexibility index (Phi) is 6.22. The number of halogens is 1. The third-order valence-electron chi connectivity index (χ3n) is 3.40. The number of hydrogen-bond acceptors (Lipinski definition) is 5. The molecule has 1 amide bonds. The number of aliphatic hydroxyl groups is 2. The van der Waals surface area contributed by atoms with Crippen molar-refractivity contribution in [2.45, 2.75) is 25.7 Å². The van der Waals surface area contributed by atoms with Crippen molar-refractivity contribution in [1.82, 2.24) is 10.3 Å². The second-order valence-electron chi connectivity index (χ2n) is 5.31. The molecule has 0 bridgehead atoms. The summed E-state index contributed by atoms with van der Waals surface area (Å²) in [6, 6.07) is 10.3. The minimum absolute atomic E-state index is 0.101. The van der Waals surface area contributed by atoms with Gasteiger partial charge in [-0.3, -0.25) is 4.98 Å². The van der Waals surface area contributed by atoms with Gasteiger partial charge < -0.3 is 20.3 Å². The first-order chi connectivity index (χ1) is 11.5. The Labute approximate surface area is 138 Å². The molecular formula is C17H19FN2O4. The third-order valence-corrected chi connectivity index (χ3v) is 3.40. The van der Waals surface area contributed by atoms with E-state index in [1.165, 1.54) is 6.07 Å². The second kappa shape index (κ2) is 8.37. The maximum absolute atomic E-state index is 13.0. The maximum Gasteiger partial charge on any atom is 0.407 e. The molecule has 0 saturated heterocycles. The number of alkyl carbamates (subject to hydrolysis) is 1. The number of nitrogens with one attached hydrogen (secondary N) is 1. The molecule has 0 aliphatic heterocycles. The maximum atomic E-state index is 13.0. The summed E-state index contributed by atoms with van der Waals surface area (Å²) in [4.78, 5) is 15.4. The van der Waals surface area contributed by atoms with Gasteiger partial charge in [0.05, 0.1) is 11.9 Å². The number of carbonyl (C=O) groups excluding carboxylic acids is 1. The van der Waals surface area contributed by atoms with Gasteiger partial charge in [-0.1, -0.05) is 30.3 Å². The van der Waals surface area contributed by atoms with Crippen LogP contribution in [0, 0.1) is 12.7 Å². The summed E-state index contributed by atoms with van der Waals surface area (Å²) in [6.07, 6.45) is -2.40. The molecule has 7 heteroatoms. The standard InChI is InChI=1S/C17H19FN2O4/c1-11-7-13(18)8-19-15(11)16(22)14(21)9-20-17(23)24-10-12-5-3-2-4-6-12/h2-8,14,16,21-22H,9-10H2,1H3,(H,20,23). The van der Waals surface area contributed by atoms with Crippen LogP contribution < -0.4 is 5.32 Å². The molecule has 0 aliphatic rings. The second-order valence-corrected chi connectivity index (χ2v) is 5.31. The van der Waals surface area contributed by atoms with Crippen LogP contribution in [0.2, 0.25) is 0 Å². The zero-order valence-corrected chi connectivity index (χ0v) is 13.1. The van der Waals surface area contributed by atoms with Crippen molar-refractivity contribution in [1.29, 1.82) is 0 Å². The normalized spacial score (nSPS) is 13.2. The summed E-state index contributed by atoms with van der Waals surface area (Å²) in [7, 11) is 0. The highest BCUT2D eigenvalue weighted by Crippen LogP contribution is 2.18. The fraction of sp³-hybridized carbons (Fsp3) is 0.294. The van der Waals surface area contributed by atoms with Gasteiger partial charge in [-0.2, -0.15) is 0 Å². The molecule has 2 rings (SSSR count). The highest BCUT2D eigenvalue weighted by molar-refractivity contribution is 5.67. The predicted molar refractivity (Wildman–Crippen MR) is 84.5 cm³/mol.